The van der Waals surface area contributed by atoms with Crippen molar-refractivity contribution in [3.63, 3.8) is 0 Å². The van der Waals surface area contributed by atoms with Gasteiger partial charge in [-0.2, -0.15) is 0 Å². The fraction of sp³-hybridized carbons (Fsp3) is 0.333. The molecular formula is C12H12Cl2FNO3. The molecule has 0 saturated carbocycles. The number of halogens is 3. The van der Waals surface area contributed by atoms with Crippen LogP contribution in [0.5, 0.6) is 0 Å². The monoisotopic (exact) mass is 307 g/mol. The first-order chi connectivity index (χ1) is 8.86. The lowest BCUT2D eigenvalue weighted by molar-refractivity contribution is -0.139. The fourth-order valence-corrected chi connectivity index (χ4v) is 1.95. The van der Waals surface area contributed by atoms with Crippen LogP contribution in [-0.2, 0) is 4.79 Å². The molecule has 104 valence electrons. The maximum absolute atomic E-state index is 13.3. The average molecular weight is 308 g/mol. The van der Waals surface area contributed by atoms with Gasteiger partial charge in [0.25, 0.3) is 5.91 Å². The van der Waals surface area contributed by atoms with Crippen molar-refractivity contribution in [1.29, 1.82) is 0 Å². The first kappa shape index (κ1) is 15.7. The number of hydrogen-bond donors (Lipinski definition) is 2. The van der Waals surface area contributed by atoms with Crippen molar-refractivity contribution in [2.24, 2.45) is 0 Å². The third-order valence-electron chi connectivity index (χ3n) is 2.44. The molecule has 1 aromatic carbocycles. The topological polar surface area (TPSA) is 66.4 Å². The molecule has 0 spiro atoms. The van der Waals surface area contributed by atoms with Crippen LogP contribution in [0.3, 0.4) is 0 Å². The summed E-state index contributed by atoms with van der Waals surface area (Å²) < 4.78 is 13.3. The minimum absolute atomic E-state index is 0.0375. The molecule has 1 unspecified atom stereocenters. The van der Waals surface area contributed by atoms with Gasteiger partial charge < -0.3 is 10.4 Å². The van der Waals surface area contributed by atoms with Crippen molar-refractivity contribution < 1.29 is 19.1 Å². The second-order valence-electron chi connectivity index (χ2n) is 3.90. The van der Waals surface area contributed by atoms with E-state index in [-0.39, 0.29) is 22.0 Å². The van der Waals surface area contributed by atoms with E-state index in [0.717, 1.165) is 12.1 Å². The van der Waals surface area contributed by atoms with Crippen LogP contribution in [0.4, 0.5) is 4.39 Å². The van der Waals surface area contributed by atoms with Gasteiger partial charge in [-0.1, -0.05) is 36.5 Å². The molecule has 1 atom stereocenters. The highest BCUT2D eigenvalue weighted by Gasteiger charge is 2.21. The Morgan fingerprint density at radius 3 is 2.53 bits per heavy atom. The summed E-state index contributed by atoms with van der Waals surface area (Å²) in [4.78, 5) is 22.8. The molecule has 0 bridgehead atoms. The third kappa shape index (κ3) is 4.08. The summed E-state index contributed by atoms with van der Waals surface area (Å²) >= 11 is 11.3. The zero-order valence-corrected chi connectivity index (χ0v) is 11.6. The molecule has 0 aliphatic carbocycles. The quantitative estimate of drug-likeness (QED) is 0.821. The van der Waals surface area contributed by atoms with Crippen molar-refractivity contribution in [3.05, 3.63) is 33.6 Å². The molecule has 0 fully saturated rings. The summed E-state index contributed by atoms with van der Waals surface area (Å²) in [5, 5.41) is 11.0. The predicted molar refractivity (Wildman–Crippen MR) is 70.2 cm³/mol. The zero-order valence-electron chi connectivity index (χ0n) is 10.0. The van der Waals surface area contributed by atoms with E-state index in [1.807, 2.05) is 0 Å². The molecule has 19 heavy (non-hydrogen) atoms. The second-order valence-corrected chi connectivity index (χ2v) is 4.71. The number of carboxylic acids is 1. The number of benzene rings is 1. The van der Waals surface area contributed by atoms with Gasteiger partial charge in [-0.15, -0.1) is 0 Å². The van der Waals surface area contributed by atoms with Crippen molar-refractivity contribution in [3.8, 4) is 0 Å². The lowest BCUT2D eigenvalue weighted by atomic mass is 10.1. The Labute approximate surface area is 119 Å². The molecular weight excluding hydrogens is 296 g/mol. The van der Waals surface area contributed by atoms with Gasteiger partial charge >= 0.3 is 5.97 Å². The Balaban J connectivity index is 2.94. The van der Waals surface area contributed by atoms with Crippen LogP contribution in [0.25, 0.3) is 0 Å². The van der Waals surface area contributed by atoms with Gasteiger partial charge in [0.2, 0.25) is 0 Å². The van der Waals surface area contributed by atoms with E-state index in [1.165, 1.54) is 0 Å². The number of nitrogens with one attached hydrogen (secondary N) is 1. The predicted octanol–water partition coefficient (Wildman–Crippen LogP) is 3.12. The normalized spacial score (nSPS) is 12.0. The molecule has 1 rings (SSSR count). The second kappa shape index (κ2) is 6.73. The van der Waals surface area contributed by atoms with Crippen LogP contribution in [0.2, 0.25) is 10.0 Å². The summed E-state index contributed by atoms with van der Waals surface area (Å²) in [6, 6.07) is 0.945. The first-order valence-corrected chi connectivity index (χ1v) is 6.30. The number of amides is 1. The minimum Gasteiger partial charge on any atom is -0.480 e. The van der Waals surface area contributed by atoms with Crippen LogP contribution >= 0.6 is 23.2 Å². The van der Waals surface area contributed by atoms with E-state index in [2.05, 4.69) is 5.32 Å². The lowest BCUT2D eigenvalue weighted by Gasteiger charge is -2.14. The molecule has 4 nitrogen and oxygen atoms in total. The number of rotatable bonds is 5. The zero-order chi connectivity index (χ0) is 14.6. The molecule has 0 aliphatic heterocycles. The molecule has 0 radical (unpaired) electrons. The molecule has 1 amide bonds. The molecule has 2 N–H and O–H groups in total. The Morgan fingerprint density at radius 2 is 2.00 bits per heavy atom. The van der Waals surface area contributed by atoms with Crippen molar-refractivity contribution >= 4 is 35.1 Å². The van der Waals surface area contributed by atoms with E-state index >= 15 is 0 Å². The number of aliphatic carboxylic acids is 1. The van der Waals surface area contributed by atoms with Gasteiger partial charge in [-0.25, -0.2) is 9.18 Å². The van der Waals surface area contributed by atoms with Crippen LogP contribution < -0.4 is 5.32 Å². The van der Waals surface area contributed by atoms with Gasteiger partial charge in [-0.05, 0) is 18.6 Å². The van der Waals surface area contributed by atoms with Crippen LogP contribution in [-0.4, -0.2) is 23.0 Å². The van der Waals surface area contributed by atoms with Gasteiger partial charge in [0.05, 0.1) is 15.6 Å². The smallest absolute Gasteiger partial charge is 0.326 e. The van der Waals surface area contributed by atoms with Gasteiger partial charge in [0, 0.05) is 0 Å². The molecule has 7 heteroatoms. The van der Waals surface area contributed by atoms with Crippen LogP contribution in [0.15, 0.2) is 12.1 Å². The SMILES string of the molecule is CCCC(NC(=O)c1cc(F)c(Cl)cc1Cl)C(=O)O. The van der Waals surface area contributed by atoms with E-state index in [4.69, 9.17) is 28.3 Å². The lowest BCUT2D eigenvalue weighted by Crippen LogP contribution is -2.40. The standard InChI is InChI=1S/C12H12Cl2FNO3/c1-2-3-10(12(18)19)16-11(17)6-4-9(15)8(14)5-7(6)13/h4-5,10H,2-3H2,1H3,(H,16,17)(H,18,19). The summed E-state index contributed by atoms with van der Waals surface area (Å²) in [5.74, 6) is -2.69. The highest BCUT2D eigenvalue weighted by Crippen LogP contribution is 2.24. The van der Waals surface area contributed by atoms with Crippen molar-refractivity contribution in [2.45, 2.75) is 25.8 Å². The Bertz CT molecular complexity index is 508. The number of carboxylic acid groups (broad SMARTS) is 1. The molecule has 1 aromatic rings. The summed E-state index contributed by atoms with van der Waals surface area (Å²) in [7, 11) is 0. The summed E-state index contributed by atoms with van der Waals surface area (Å²) in [5.41, 5.74) is -0.147. The Morgan fingerprint density at radius 1 is 1.37 bits per heavy atom. The van der Waals surface area contributed by atoms with Gasteiger partial charge in [-0.3, -0.25) is 4.79 Å². The maximum Gasteiger partial charge on any atom is 0.326 e. The number of carbonyl (C=O) groups is 2. The fourth-order valence-electron chi connectivity index (χ4n) is 1.48. The minimum atomic E-state index is -1.15. The molecule has 0 aliphatic rings. The Hall–Kier alpha value is -1.33. The van der Waals surface area contributed by atoms with E-state index in [1.54, 1.807) is 6.92 Å². The van der Waals surface area contributed by atoms with Gasteiger partial charge in [0.1, 0.15) is 11.9 Å². The first-order valence-electron chi connectivity index (χ1n) is 5.55. The largest absolute Gasteiger partial charge is 0.480 e. The molecule has 0 heterocycles. The van der Waals surface area contributed by atoms with Crippen molar-refractivity contribution in [1.82, 2.24) is 5.32 Å². The van der Waals surface area contributed by atoms with E-state index in [9.17, 15) is 14.0 Å². The van der Waals surface area contributed by atoms with Gasteiger partial charge in [0.15, 0.2) is 0 Å². The van der Waals surface area contributed by atoms with E-state index in [0.29, 0.717) is 6.42 Å². The molecule has 0 saturated heterocycles. The third-order valence-corrected chi connectivity index (χ3v) is 3.04. The van der Waals surface area contributed by atoms with Crippen molar-refractivity contribution in [2.75, 3.05) is 0 Å². The summed E-state index contributed by atoms with van der Waals surface area (Å²) in [6.45, 7) is 1.79. The van der Waals surface area contributed by atoms with E-state index < -0.39 is 23.7 Å². The number of hydrogen-bond acceptors (Lipinski definition) is 2. The molecule has 0 aromatic heterocycles. The maximum atomic E-state index is 13.3. The van der Waals surface area contributed by atoms with Crippen LogP contribution in [0.1, 0.15) is 30.1 Å². The van der Waals surface area contributed by atoms with Crippen LogP contribution in [0, 0.1) is 5.82 Å². The Kier molecular flexibility index (Phi) is 5.57. The highest BCUT2D eigenvalue weighted by molar-refractivity contribution is 6.36. The summed E-state index contributed by atoms with van der Waals surface area (Å²) in [6.07, 6.45) is 0.856. The average Bonchev–Trinajstić information content (AvgIpc) is 2.32. The number of carbonyl (C=O) groups excluding carboxylic acids is 1. The highest BCUT2D eigenvalue weighted by atomic mass is 35.5.